The van der Waals surface area contributed by atoms with E-state index in [1.165, 1.54) is 12.5 Å². The highest BCUT2D eigenvalue weighted by Crippen LogP contribution is 2.32. The second-order valence-corrected chi connectivity index (χ2v) is 9.63. The van der Waals surface area contributed by atoms with Crippen LogP contribution in [0.2, 0.25) is 5.02 Å². The first-order valence-electron chi connectivity index (χ1n) is 11.9. The van der Waals surface area contributed by atoms with Crippen molar-refractivity contribution in [2.75, 3.05) is 0 Å². The SMILES string of the molecule is CC(=O)NCc1ccc(CN(Cc2ncc(Cl)cc2C)[C@H]2CCCC3=CC=CNC32)c(CO)c1. The van der Waals surface area contributed by atoms with Crippen LogP contribution >= 0.6 is 11.6 Å². The standard InChI is InChI=1S/C27H33ClN4O2/c1-18-11-24(28)14-31-25(18)16-32(26-7-3-5-21-6-4-10-29-27(21)26)15-22-9-8-20(12-23(22)17-33)13-30-19(2)34/h4,6,8-12,14,26-27,29,33H,3,5,7,13,15-17H2,1-2H3,(H,30,34)/t26-,27?/m0/s1. The molecule has 2 aliphatic rings. The maximum Gasteiger partial charge on any atom is 0.217 e. The number of nitrogens with zero attached hydrogens (tertiary/aromatic N) is 2. The van der Waals surface area contributed by atoms with Crippen molar-refractivity contribution in [1.82, 2.24) is 20.5 Å². The van der Waals surface area contributed by atoms with Crippen molar-refractivity contribution in [3.8, 4) is 0 Å². The normalized spacial score (nSPS) is 19.4. The summed E-state index contributed by atoms with van der Waals surface area (Å²) < 4.78 is 0. The Morgan fingerprint density at radius 2 is 2.15 bits per heavy atom. The summed E-state index contributed by atoms with van der Waals surface area (Å²) in [4.78, 5) is 18.4. The van der Waals surface area contributed by atoms with Gasteiger partial charge in [0.1, 0.15) is 0 Å². The number of carbonyl (C=O) groups is 1. The molecule has 1 aliphatic heterocycles. The quantitative estimate of drug-likeness (QED) is 0.529. The number of fused-ring (bicyclic) bond motifs is 1. The Morgan fingerprint density at radius 1 is 1.29 bits per heavy atom. The number of hydrogen-bond donors (Lipinski definition) is 3. The zero-order valence-corrected chi connectivity index (χ0v) is 20.6. The minimum Gasteiger partial charge on any atom is -0.392 e. The molecule has 6 nitrogen and oxygen atoms in total. The Hall–Kier alpha value is -2.67. The number of aromatic nitrogens is 1. The molecule has 1 aromatic heterocycles. The number of hydrogen-bond acceptors (Lipinski definition) is 5. The number of rotatable bonds is 8. The first kappa shape index (κ1) is 24.5. The molecule has 2 aromatic rings. The Morgan fingerprint density at radius 3 is 2.91 bits per heavy atom. The molecule has 4 rings (SSSR count). The molecule has 1 aromatic carbocycles. The Bertz CT molecular complexity index is 1100. The molecule has 0 spiro atoms. The van der Waals surface area contributed by atoms with E-state index in [-0.39, 0.29) is 18.6 Å². The van der Waals surface area contributed by atoms with Crippen molar-refractivity contribution in [3.63, 3.8) is 0 Å². The molecule has 1 unspecified atom stereocenters. The molecule has 34 heavy (non-hydrogen) atoms. The predicted octanol–water partition coefficient (Wildman–Crippen LogP) is 4.14. The topological polar surface area (TPSA) is 77.5 Å². The minimum atomic E-state index is -0.0678. The van der Waals surface area contributed by atoms with Crippen molar-refractivity contribution < 1.29 is 9.90 Å². The van der Waals surface area contributed by atoms with E-state index in [9.17, 15) is 9.90 Å². The fourth-order valence-corrected chi connectivity index (χ4v) is 5.18. The van der Waals surface area contributed by atoms with E-state index in [0.717, 1.165) is 47.2 Å². The molecule has 1 saturated carbocycles. The highest BCUT2D eigenvalue weighted by Gasteiger charge is 2.34. The third-order valence-corrected chi connectivity index (χ3v) is 6.97. The molecule has 0 saturated heterocycles. The molecular weight excluding hydrogens is 448 g/mol. The lowest BCUT2D eigenvalue weighted by atomic mass is 9.83. The van der Waals surface area contributed by atoms with Crippen LogP contribution in [-0.4, -0.2) is 33.0 Å². The van der Waals surface area contributed by atoms with E-state index in [2.05, 4.69) is 45.7 Å². The van der Waals surface area contributed by atoms with Crippen molar-refractivity contribution in [2.45, 2.75) is 71.4 Å². The largest absolute Gasteiger partial charge is 0.392 e. The van der Waals surface area contributed by atoms with E-state index in [0.29, 0.717) is 30.7 Å². The molecule has 2 heterocycles. The van der Waals surface area contributed by atoms with Crippen LogP contribution in [0.1, 0.15) is 54.1 Å². The second kappa shape index (κ2) is 11.2. The van der Waals surface area contributed by atoms with Crippen LogP contribution in [0.5, 0.6) is 0 Å². The maximum absolute atomic E-state index is 11.3. The van der Waals surface area contributed by atoms with Gasteiger partial charge >= 0.3 is 0 Å². The smallest absolute Gasteiger partial charge is 0.217 e. The van der Waals surface area contributed by atoms with Gasteiger partial charge in [0.2, 0.25) is 5.91 Å². The lowest BCUT2D eigenvalue weighted by molar-refractivity contribution is -0.119. The number of pyridine rings is 1. The van der Waals surface area contributed by atoms with Crippen LogP contribution in [-0.2, 0) is 31.0 Å². The lowest BCUT2D eigenvalue weighted by Crippen LogP contribution is -2.51. The molecule has 1 amide bonds. The number of carbonyl (C=O) groups excluding carboxylic acids is 1. The van der Waals surface area contributed by atoms with Crippen molar-refractivity contribution >= 4 is 17.5 Å². The number of amides is 1. The van der Waals surface area contributed by atoms with Crippen molar-refractivity contribution in [2.24, 2.45) is 0 Å². The Balaban J connectivity index is 1.63. The van der Waals surface area contributed by atoms with Crippen LogP contribution in [0.3, 0.4) is 0 Å². The van der Waals surface area contributed by atoms with Gasteiger partial charge in [0.05, 0.1) is 23.4 Å². The minimum absolute atomic E-state index is 0.0461. The summed E-state index contributed by atoms with van der Waals surface area (Å²) in [6, 6.07) is 8.62. The third-order valence-electron chi connectivity index (χ3n) is 6.76. The zero-order chi connectivity index (χ0) is 24.1. The van der Waals surface area contributed by atoms with Gasteiger partial charge in [-0.3, -0.25) is 14.7 Å². The molecule has 1 aliphatic carbocycles. The molecule has 0 bridgehead atoms. The summed E-state index contributed by atoms with van der Waals surface area (Å²) in [5.74, 6) is -0.0678. The summed E-state index contributed by atoms with van der Waals surface area (Å²) in [6.07, 6.45) is 11.4. The van der Waals surface area contributed by atoms with Crippen LogP contribution < -0.4 is 10.6 Å². The maximum atomic E-state index is 11.3. The number of nitrogens with one attached hydrogen (secondary N) is 2. The molecule has 1 fully saturated rings. The number of halogens is 1. The summed E-state index contributed by atoms with van der Waals surface area (Å²) in [6.45, 7) is 5.36. The number of aryl methyl sites for hydroxylation is 1. The van der Waals surface area contributed by atoms with E-state index in [1.54, 1.807) is 6.20 Å². The Labute approximate surface area is 206 Å². The van der Waals surface area contributed by atoms with Crippen LogP contribution in [0.15, 0.2) is 54.4 Å². The molecule has 2 atom stereocenters. The van der Waals surface area contributed by atoms with Gasteiger partial charge in [-0.1, -0.05) is 35.9 Å². The molecule has 3 N–H and O–H groups in total. The summed E-state index contributed by atoms with van der Waals surface area (Å²) in [5.41, 5.74) is 6.48. The van der Waals surface area contributed by atoms with E-state index in [1.807, 2.05) is 24.4 Å². The average molecular weight is 481 g/mol. The summed E-state index contributed by atoms with van der Waals surface area (Å²) >= 11 is 6.17. The molecule has 180 valence electrons. The average Bonchev–Trinajstić information content (AvgIpc) is 2.84. The number of aliphatic hydroxyl groups excluding tert-OH is 1. The second-order valence-electron chi connectivity index (χ2n) is 9.20. The van der Waals surface area contributed by atoms with Crippen molar-refractivity contribution in [3.05, 3.63) is 87.4 Å². The number of allylic oxidation sites excluding steroid dienone is 2. The van der Waals surface area contributed by atoms with E-state index in [4.69, 9.17) is 11.6 Å². The Kier molecular flexibility index (Phi) is 8.03. The van der Waals surface area contributed by atoms with Crippen LogP contribution in [0, 0.1) is 6.92 Å². The summed E-state index contributed by atoms with van der Waals surface area (Å²) in [5, 5.41) is 17.2. The number of benzene rings is 1. The molecule has 7 heteroatoms. The first-order chi connectivity index (χ1) is 16.4. The van der Waals surface area contributed by atoms with Gasteiger partial charge in [-0.05, 0) is 72.4 Å². The third kappa shape index (κ3) is 5.87. The van der Waals surface area contributed by atoms with E-state index >= 15 is 0 Å². The van der Waals surface area contributed by atoms with Gasteiger partial charge in [-0.25, -0.2) is 0 Å². The molecular formula is C27H33ClN4O2. The van der Waals surface area contributed by atoms with Gasteiger partial charge in [0.25, 0.3) is 0 Å². The first-order valence-corrected chi connectivity index (χ1v) is 12.2. The number of dihydropyridines is 1. The van der Waals surface area contributed by atoms with E-state index < -0.39 is 0 Å². The van der Waals surface area contributed by atoms with Gasteiger partial charge in [-0.2, -0.15) is 0 Å². The fraction of sp³-hybridized carbons (Fsp3) is 0.407. The molecule has 0 radical (unpaired) electrons. The van der Waals surface area contributed by atoms with Gasteiger partial charge in [-0.15, -0.1) is 0 Å². The van der Waals surface area contributed by atoms with Gasteiger partial charge in [0.15, 0.2) is 0 Å². The monoisotopic (exact) mass is 480 g/mol. The highest BCUT2D eigenvalue weighted by molar-refractivity contribution is 6.30. The highest BCUT2D eigenvalue weighted by atomic mass is 35.5. The number of aliphatic hydroxyl groups is 1. The van der Waals surface area contributed by atoms with Gasteiger partial charge in [0, 0.05) is 38.8 Å². The lowest BCUT2D eigenvalue weighted by Gasteiger charge is -2.42. The predicted molar refractivity (Wildman–Crippen MR) is 135 cm³/mol. The van der Waals surface area contributed by atoms with Gasteiger partial charge < -0.3 is 15.7 Å². The van der Waals surface area contributed by atoms with Crippen molar-refractivity contribution in [1.29, 1.82) is 0 Å². The fourth-order valence-electron chi connectivity index (χ4n) is 4.97. The van der Waals surface area contributed by atoms with Crippen LogP contribution in [0.4, 0.5) is 0 Å². The zero-order valence-electron chi connectivity index (χ0n) is 19.9. The van der Waals surface area contributed by atoms with Crippen LogP contribution in [0.25, 0.3) is 0 Å². The summed E-state index contributed by atoms with van der Waals surface area (Å²) in [7, 11) is 0.